The molecule has 1 atom stereocenters. The van der Waals surface area contributed by atoms with Crippen molar-refractivity contribution in [1.29, 1.82) is 0 Å². The van der Waals surface area contributed by atoms with Gasteiger partial charge in [-0.15, -0.1) is 0 Å². The molecular weight excluding hydrogens is 486 g/mol. The van der Waals surface area contributed by atoms with Crippen LogP contribution in [-0.2, 0) is 19.1 Å². The number of hydrogen-bond donors (Lipinski definition) is 0. The number of Topliss-reactive ketones (excluding diaryl/α,β-unsaturated/α-hetero) is 1. The molecule has 0 saturated heterocycles. The number of halogens is 6. The minimum absolute atomic E-state index is 0.192. The minimum Gasteiger partial charge on any atom is -0.442 e. The molecule has 1 aliphatic rings. The molecule has 0 aliphatic heterocycles. The van der Waals surface area contributed by atoms with E-state index in [0.29, 0.717) is 11.3 Å². The number of fused-ring (bicyclic) bond motifs is 1. The first-order valence-electron chi connectivity index (χ1n) is 10.4. The van der Waals surface area contributed by atoms with Crippen molar-refractivity contribution in [2.75, 3.05) is 0 Å². The zero-order chi connectivity index (χ0) is 25.1. The second-order valence-electron chi connectivity index (χ2n) is 8.03. The molecule has 11 heteroatoms. The Morgan fingerprint density at radius 1 is 0.971 bits per heavy atom. The van der Waals surface area contributed by atoms with Gasteiger partial charge in [0.25, 0.3) is 6.10 Å². The van der Waals surface area contributed by atoms with Gasteiger partial charge in [0, 0.05) is 17.7 Å². The van der Waals surface area contributed by atoms with Crippen LogP contribution in [-0.4, -0.2) is 35.3 Å². The summed E-state index contributed by atoms with van der Waals surface area (Å²) < 4.78 is 81.3. The van der Waals surface area contributed by atoms with Crippen LogP contribution in [0.15, 0.2) is 47.4 Å². The maximum Gasteiger partial charge on any atom is 0.434 e. The maximum absolute atomic E-state index is 12.9. The molecule has 0 amide bonds. The van der Waals surface area contributed by atoms with Crippen molar-refractivity contribution >= 4 is 39.4 Å². The van der Waals surface area contributed by atoms with E-state index in [4.69, 9.17) is 0 Å². The van der Waals surface area contributed by atoms with E-state index in [1.807, 2.05) is 18.2 Å². The smallest absolute Gasteiger partial charge is 0.434 e. The molecule has 4 nitrogen and oxygen atoms in total. The highest BCUT2D eigenvalue weighted by molar-refractivity contribution is 8.13. The van der Waals surface area contributed by atoms with Gasteiger partial charge in [0.05, 0.1) is 0 Å². The van der Waals surface area contributed by atoms with Gasteiger partial charge in [-0.25, -0.2) is 0 Å². The van der Waals surface area contributed by atoms with Crippen molar-refractivity contribution in [3.63, 3.8) is 0 Å². The Morgan fingerprint density at radius 3 is 2.26 bits per heavy atom. The Kier molecular flexibility index (Phi) is 7.64. The van der Waals surface area contributed by atoms with Gasteiger partial charge in [-0.05, 0) is 36.1 Å². The lowest BCUT2D eigenvalue weighted by Gasteiger charge is -2.35. The topological polar surface area (TPSA) is 60.4 Å². The first-order valence-corrected chi connectivity index (χ1v) is 11.2. The molecule has 0 unspecified atom stereocenters. The molecule has 0 bridgehead atoms. The SMILES string of the molecule is O=C(CC[C@]1(C(=O)OC(C(F)(F)F)C(F)(F)F)CCCCC1=O)Sc1cccc2ccccc12. The lowest BCUT2D eigenvalue weighted by atomic mass is 9.70. The van der Waals surface area contributed by atoms with Crippen LogP contribution in [0, 0.1) is 5.41 Å². The number of hydrogen-bond acceptors (Lipinski definition) is 5. The number of carbonyl (C=O) groups excluding carboxylic acids is 3. The summed E-state index contributed by atoms with van der Waals surface area (Å²) in [4.78, 5) is 38.5. The Hall–Kier alpha value is -2.56. The van der Waals surface area contributed by atoms with E-state index >= 15 is 0 Å². The van der Waals surface area contributed by atoms with E-state index in [-0.39, 0.29) is 19.3 Å². The highest BCUT2D eigenvalue weighted by atomic mass is 32.2. The van der Waals surface area contributed by atoms with E-state index in [1.54, 1.807) is 24.3 Å². The second kappa shape index (κ2) is 9.97. The van der Waals surface area contributed by atoms with E-state index in [9.17, 15) is 40.7 Å². The van der Waals surface area contributed by atoms with Crippen molar-refractivity contribution < 1.29 is 45.5 Å². The van der Waals surface area contributed by atoms with Gasteiger partial charge in [0.15, 0.2) is 5.12 Å². The van der Waals surface area contributed by atoms with Crippen molar-refractivity contribution in [1.82, 2.24) is 0 Å². The molecule has 0 spiro atoms. The monoisotopic (exact) mass is 506 g/mol. The average Bonchev–Trinajstić information content (AvgIpc) is 2.75. The van der Waals surface area contributed by atoms with Crippen molar-refractivity contribution in [2.24, 2.45) is 5.41 Å². The average molecular weight is 506 g/mol. The number of esters is 1. The number of thioether (sulfide) groups is 1. The van der Waals surface area contributed by atoms with E-state index < -0.39 is 53.6 Å². The van der Waals surface area contributed by atoms with Crippen molar-refractivity contribution in [2.45, 2.75) is 61.9 Å². The zero-order valence-corrected chi connectivity index (χ0v) is 18.5. The highest BCUT2D eigenvalue weighted by Gasteiger charge is 2.62. The summed E-state index contributed by atoms with van der Waals surface area (Å²) in [5, 5.41) is 1.17. The zero-order valence-electron chi connectivity index (χ0n) is 17.7. The van der Waals surface area contributed by atoms with Gasteiger partial charge in [-0.2, -0.15) is 26.3 Å². The molecule has 2 aromatic rings. The summed E-state index contributed by atoms with van der Waals surface area (Å²) in [7, 11) is 0. The second-order valence-corrected chi connectivity index (χ2v) is 9.13. The quantitative estimate of drug-likeness (QED) is 0.196. The van der Waals surface area contributed by atoms with Crippen LogP contribution in [0.2, 0.25) is 0 Å². The molecule has 0 aromatic heterocycles. The van der Waals surface area contributed by atoms with Crippen LogP contribution in [0.25, 0.3) is 10.8 Å². The Labute approximate surface area is 195 Å². The first-order chi connectivity index (χ1) is 15.8. The lowest BCUT2D eigenvalue weighted by Crippen LogP contribution is -2.51. The molecule has 1 fully saturated rings. The first kappa shape index (κ1) is 26.1. The van der Waals surface area contributed by atoms with Gasteiger partial charge >= 0.3 is 18.3 Å². The van der Waals surface area contributed by atoms with Crippen LogP contribution in [0.4, 0.5) is 26.3 Å². The van der Waals surface area contributed by atoms with Crippen LogP contribution in [0.1, 0.15) is 38.5 Å². The lowest BCUT2D eigenvalue weighted by molar-refractivity contribution is -0.315. The van der Waals surface area contributed by atoms with E-state index in [2.05, 4.69) is 4.74 Å². The fourth-order valence-electron chi connectivity index (χ4n) is 3.99. The summed E-state index contributed by atoms with van der Waals surface area (Å²) in [5.74, 6) is -2.70. The number of rotatable bonds is 6. The summed E-state index contributed by atoms with van der Waals surface area (Å²) in [6.45, 7) is 0. The van der Waals surface area contributed by atoms with Crippen LogP contribution >= 0.6 is 11.8 Å². The predicted molar refractivity (Wildman–Crippen MR) is 112 cm³/mol. The van der Waals surface area contributed by atoms with Crippen LogP contribution < -0.4 is 0 Å². The summed E-state index contributed by atoms with van der Waals surface area (Å²) in [6.07, 6.45) is -17.0. The maximum atomic E-state index is 12.9. The Balaban J connectivity index is 1.79. The molecule has 1 saturated carbocycles. The number of ketones is 1. The van der Waals surface area contributed by atoms with E-state index in [0.717, 1.165) is 22.5 Å². The summed E-state index contributed by atoms with van der Waals surface area (Å²) in [6, 6.07) is 12.5. The molecule has 0 heterocycles. The standard InChI is InChI=1S/C23H20F6O4S/c24-22(25,26)19(23(27,28)29)33-20(32)21(12-4-3-10-17(21)30)13-11-18(31)34-16-9-5-7-14-6-1-2-8-15(14)16/h1-2,5-9,19H,3-4,10-13H2/t21-/m1/s1. The third kappa shape index (κ3) is 5.73. The highest BCUT2D eigenvalue weighted by Crippen LogP contribution is 2.43. The normalized spacial score (nSPS) is 19.4. The van der Waals surface area contributed by atoms with Gasteiger partial charge in [0.1, 0.15) is 11.2 Å². The van der Waals surface area contributed by atoms with Gasteiger partial charge in [-0.3, -0.25) is 14.4 Å². The largest absolute Gasteiger partial charge is 0.442 e. The Bertz CT molecular complexity index is 1060. The summed E-state index contributed by atoms with van der Waals surface area (Å²) in [5.41, 5.74) is -2.22. The molecule has 2 aromatic carbocycles. The molecule has 34 heavy (non-hydrogen) atoms. The number of carbonyl (C=O) groups is 3. The molecule has 184 valence electrons. The fraction of sp³-hybridized carbons (Fsp3) is 0.435. The van der Waals surface area contributed by atoms with Crippen LogP contribution in [0.3, 0.4) is 0 Å². The fourth-order valence-corrected chi connectivity index (χ4v) is 4.88. The number of ether oxygens (including phenoxy) is 1. The van der Waals surface area contributed by atoms with E-state index in [1.165, 1.54) is 0 Å². The third-order valence-electron chi connectivity index (χ3n) is 5.73. The third-order valence-corrected chi connectivity index (χ3v) is 6.74. The molecule has 0 radical (unpaired) electrons. The molecule has 0 N–H and O–H groups in total. The van der Waals surface area contributed by atoms with Gasteiger partial charge < -0.3 is 4.74 Å². The Morgan fingerprint density at radius 2 is 1.62 bits per heavy atom. The van der Waals surface area contributed by atoms with Crippen molar-refractivity contribution in [3.05, 3.63) is 42.5 Å². The molecular formula is C23H20F6O4S. The van der Waals surface area contributed by atoms with Crippen molar-refractivity contribution in [3.8, 4) is 0 Å². The number of alkyl halides is 6. The predicted octanol–water partition coefficient (Wildman–Crippen LogP) is 6.40. The van der Waals surface area contributed by atoms with Crippen LogP contribution in [0.5, 0.6) is 0 Å². The number of benzene rings is 2. The molecule has 3 rings (SSSR count). The minimum atomic E-state index is -5.90. The summed E-state index contributed by atoms with van der Waals surface area (Å²) >= 11 is 0.833. The molecule has 1 aliphatic carbocycles. The van der Waals surface area contributed by atoms with Gasteiger partial charge in [-0.1, -0.05) is 54.6 Å². The van der Waals surface area contributed by atoms with Gasteiger partial charge in [0.2, 0.25) is 0 Å².